The minimum Gasteiger partial charge on any atom is -0.525 e. The van der Waals surface area contributed by atoms with Gasteiger partial charge in [0.15, 0.2) is 0 Å². The predicted octanol–water partition coefficient (Wildman–Crippen LogP) is 1.13. The van der Waals surface area contributed by atoms with E-state index in [1.807, 2.05) is 54.6 Å². The average Bonchev–Trinajstić information content (AvgIpc) is 2.64. The molecule has 0 saturated heterocycles. The van der Waals surface area contributed by atoms with Gasteiger partial charge in [-0.15, -0.1) is 0 Å². The highest BCUT2D eigenvalue weighted by molar-refractivity contribution is 6.81. The number of rotatable bonds is 8. The molecule has 0 fully saturated rings. The average molecular weight is 354 g/mol. The molecule has 0 aromatic heterocycles. The van der Waals surface area contributed by atoms with Gasteiger partial charge in [0.25, 0.3) is 0 Å². The van der Waals surface area contributed by atoms with Gasteiger partial charge in [-0.1, -0.05) is 68.9 Å². The summed E-state index contributed by atoms with van der Waals surface area (Å²) in [5.41, 5.74) is 13.9. The Kier molecular flexibility index (Phi) is 8.59. The molecule has 0 saturated carbocycles. The standard InChI is InChI=1S/C19H23BN2O3.CH4/c1-2-14-7-6-10-16(13-14)20(15-8-4-3-5-9-15)25-19(24)17(21)11-12-18(22)23;/h3-10,13,17H,2,11-12,21H2,1H3,(H2,22,23);1H4. The van der Waals surface area contributed by atoms with Crippen LogP contribution in [-0.2, 0) is 20.7 Å². The largest absolute Gasteiger partial charge is 0.525 e. The Labute approximate surface area is 155 Å². The van der Waals surface area contributed by atoms with Crippen LogP contribution in [0.1, 0.15) is 32.8 Å². The van der Waals surface area contributed by atoms with E-state index in [9.17, 15) is 9.59 Å². The minimum absolute atomic E-state index is 0. The van der Waals surface area contributed by atoms with Gasteiger partial charge in [0.05, 0.1) is 0 Å². The summed E-state index contributed by atoms with van der Waals surface area (Å²) in [6, 6.07) is 16.6. The van der Waals surface area contributed by atoms with E-state index >= 15 is 0 Å². The molecule has 0 spiro atoms. The highest BCUT2D eigenvalue weighted by atomic mass is 16.5. The second-order valence-corrected chi connectivity index (χ2v) is 5.94. The summed E-state index contributed by atoms with van der Waals surface area (Å²) in [6.45, 7) is 1.53. The molecule has 0 aliphatic rings. The van der Waals surface area contributed by atoms with Gasteiger partial charge in [0.1, 0.15) is 6.04 Å². The van der Waals surface area contributed by atoms with E-state index < -0.39 is 24.8 Å². The van der Waals surface area contributed by atoms with Crippen molar-refractivity contribution >= 4 is 29.7 Å². The molecule has 4 N–H and O–H groups in total. The molecule has 6 heteroatoms. The van der Waals surface area contributed by atoms with Crippen LogP contribution >= 0.6 is 0 Å². The molecule has 0 heterocycles. The summed E-state index contributed by atoms with van der Waals surface area (Å²) in [6.07, 6.45) is 1.11. The van der Waals surface area contributed by atoms with Crippen molar-refractivity contribution in [2.75, 3.05) is 0 Å². The molecule has 2 aromatic rings. The Morgan fingerprint density at radius 1 is 1.08 bits per heavy atom. The maximum Gasteiger partial charge on any atom is 0.429 e. The molecule has 26 heavy (non-hydrogen) atoms. The van der Waals surface area contributed by atoms with Crippen LogP contribution in [0.3, 0.4) is 0 Å². The molecule has 0 aliphatic heterocycles. The fourth-order valence-corrected chi connectivity index (χ4v) is 2.55. The van der Waals surface area contributed by atoms with Gasteiger partial charge in [0.2, 0.25) is 5.91 Å². The summed E-state index contributed by atoms with van der Waals surface area (Å²) < 4.78 is 5.70. The first-order valence-corrected chi connectivity index (χ1v) is 8.39. The van der Waals surface area contributed by atoms with Crippen LogP contribution in [0.4, 0.5) is 0 Å². The molecule has 1 amide bonds. The SMILES string of the molecule is C.CCc1cccc(B(OC(=O)C(N)CCC(N)=O)c2ccccc2)c1. The first-order chi connectivity index (χ1) is 12.0. The third-order valence-corrected chi connectivity index (χ3v) is 4.00. The quantitative estimate of drug-likeness (QED) is 0.695. The predicted molar refractivity (Wildman–Crippen MR) is 107 cm³/mol. The van der Waals surface area contributed by atoms with E-state index in [2.05, 4.69) is 6.92 Å². The van der Waals surface area contributed by atoms with Crippen LogP contribution in [0.15, 0.2) is 54.6 Å². The van der Waals surface area contributed by atoms with Gasteiger partial charge in [-0.2, -0.15) is 0 Å². The summed E-state index contributed by atoms with van der Waals surface area (Å²) in [7, 11) is 0. The molecule has 0 bridgehead atoms. The topological polar surface area (TPSA) is 95.4 Å². The van der Waals surface area contributed by atoms with E-state index in [-0.39, 0.29) is 20.3 Å². The van der Waals surface area contributed by atoms with Gasteiger partial charge < -0.3 is 16.1 Å². The third-order valence-electron chi connectivity index (χ3n) is 4.00. The van der Waals surface area contributed by atoms with Crippen molar-refractivity contribution in [2.45, 2.75) is 39.7 Å². The van der Waals surface area contributed by atoms with E-state index in [0.717, 1.165) is 22.9 Å². The molecule has 1 atom stereocenters. The van der Waals surface area contributed by atoms with Crippen LogP contribution in [0.2, 0.25) is 0 Å². The molecule has 2 rings (SSSR count). The normalized spacial score (nSPS) is 11.2. The van der Waals surface area contributed by atoms with Crippen LogP contribution < -0.4 is 22.4 Å². The summed E-state index contributed by atoms with van der Waals surface area (Å²) in [5, 5.41) is 0. The number of primary amides is 1. The Morgan fingerprint density at radius 2 is 1.73 bits per heavy atom. The number of nitrogens with two attached hydrogens (primary N) is 2. The Hall–Kier alpha value is -2.60. The monoisotopic (exact) mass is 354 g/mol. The van der Waals surface area contributed by atoms with Crippen molar-refractivity contribution in [3.05, 3.63) is 60.2 Å². The van der Waals surface area contributed by atoms with Crippen LogP contribution in [0.25, 0.3) is 0 Å². The number of carbonyl (C=O) groups excluding carboxylic acids is 2. The second-order valence-electron chi connectivity index (χ2n) is 5.94. The molecule has 0 radical (unpaired) electrons. The molecule has 1 unspecified atom stereocenters. The van der Waals surface area contributed by atoms with Crippen LogP contribution in [0.5, 0.6) is 0 Å². The number of hydrogen-bond donors (Lipinski definition) is 2. The van der Waals surface area contributed by atoms with Crippen LogP contribution in [0, 0.1) is 0 Å². The van der Waals surface area contributed by atoms with Crippen molar-refractivity contribution in [2.24, 2.45) is 11.5 Å². The van der Waals surface area contributed by atoms with Crippen LogP contribution in [-0.4, -0.2) is 24.8 Å². The van der Waals surface area contributed by atoms with E-state index in [4.69, 9.17) is 16.1 Å². The summed E-state index contributed by atoms with van der Waals surface area (Å²) >= 11 is 0. The van der Waals surface area contributed by atoms with E-state index in [1.165, 1.54) is 0 Å². The zero-order chi connectivity index (χ0) is 18.2. The number of aryl methyl sites for hydroxylation is 1. The Balaban J connectivity index is 0.00000338. The highest BCUT2D eigenvalue weighted by Crippen LogP contribution is 2.03. The molecule has 0 aliphatic carbocycles. The van der Waals surface area contributed by atoms with Crippen molar-refractivity contribution < 1.29 is 14.2 Å². The maximum atomic E-state index is 12.4. The smallest absolute Gasteiger partial charge is 0.429 e. The lowest BCUT2D eigenvalue weighted by atomic mass is 9.55. The zero-order valence-electron chi connectivity index (χ0n) is 14.4. The van der Waals surface area contributed by atoms with Gasteiger partial charge in [0, 0.05) is 6.42 Å². The fraction of sp³-hybridized carbons (Fsp3) is 0.300. The molecule has 5 nitrogen and oxygen atoms in total. The van der Waals surface area contributed by atoms with Crippen molar-refractivity contribution in [1.82, 2.24) is 0 Å². The third kappa shape index (κ3) is 6.04. The Morgan fingerprint density at radius 3 is 2.35 bits per heavy atom. The lowest BCUT2D eigenvalue weighted by molar-refractivity contribution is -0.136. The first kappa shape index (κ1) is 21.4. The minimum atomic E-state index is -0.881. The van der Waals surface area contributed by atoms with Gasteiger partial charge in [-0.3, -0.25) is 9.59 Å². The number of amides is 1. The molecule has 138 valence electrons. The van der Waals surface area contributed by atoms with Gasteiger partial charge in [-0.05, 0) is 29.3 Å². The van der Waals surface area contributed by atoms with Gasteiger partial charge >= 0.3 is 12.9 Å². The summed E-state index contributed by atoms with van der Waals surface area (Å²) in [5.74, 6) is -1.03. The number of benzene rings is 2. The van der Waals surface area contributed by atoms with Gasteiger partial charge in [-0.25, -0.2) is 0 Å². The maximum absolute atomic E-state index is 12.4. The highest BCUT2D eigenvalue weighted by Gasteiger charge is 2.28. The summed E-state index contributed by atoms with van der Waals surface area (Å²) in [4.78, 5) is 23.2. The van der Waals surface area contributed by atoms with Crippen molar-refractivity contribution in [1.29, 1.82) is 0 Å². The lowest BCUT2D eigenvalue weighted by Gasteiger charge is -2.18. The zero-order valence-corrected chi connectivity index (χ0v) is 14.4. The van der Waals surface area contributed by atoms with Crippen molar-refractivity contribution in [3.8, 4) is 0 Å². The molecular weight excluding hydrogens is 327 g/mol. The lowest BCUT2D eigenvalue weighted by Crippen LogP contribution is -2.49. The van der Waals surface area contributed by atoms with E-state index in [1.54, 1.807) is 0 Å². The molecule has 2 aromatic carbocycles. The molecular formula is C20H27BN2O3. The fourth-order valence-electron chi connectivity index (χ4n) is 2.55. The first-order valence-electron chi connectivity index (χ1n) is 8.39. The van der Waals surface area contributed by atoms with Crippen molar-refractivity contribution in [3.63, 3.8) is 0 Å². The number of carbonyl (C=O) groups is 2. The Bertz CT molecular complexity index is 722. The number of hydrogen-bond acceptors (Lipinski definition) is 4. The van der Waals surface area contributed by atoms with E-state index in [0.29, 0.717) is 0 Å². The second kappa shape index (κ2) is 10.4.